The van der Waals surface area contributed by atoms with E-state index >= 15 is 0 Å². The number of hydrogen-bond donors (Lipinski definition) is 2. The number of halogens is 1. The lowest BCUT2D eigenvalue weighted by Gasteiger charge is -2.28. The van der Waals surface area contributed by atoms with E-state index in [1.807, 2.05) is 41.5 Å². The van der Waals surface area contributed by atoms with Crippen LogP contribution in [-0.4, -0.2) is 81.4 Å². The summed E-state index contributed by atoms with van der Waals surface area (Å²) in [5.41, 5.74) is 4.68. The highest BCUT2D eigenvalue weighted by Crippen LogP contribution is 2.21. The number of carbonyl (C=O) groups is 2. The van der Waals surface area contributed by atoms with Crippen molar-refractivity contribution in [3.63, 3.8) is 0 Å². The first-order valence-electron chi connectivity index (χ1n) is 12.2. The number of carbonyl (C=O) groups excluding carboxylic acids is 2. The maximum Gasteiger partial charge on any atom is 0.410 e. The first kappa shape index (κ1) is 28.9. The van der Waals surface area contributed by atoms with Crippen LogP contribution in [0.4, 0.5) is 15.5 Å². The fraction of sp³-hybridized carbons (Fsp3) is 0.750. The number of amides is 2. The second-order valence-corrected chi connectivity index (χ2v) is 11.2. The molecular formula is C24H41ClN6O4. The van der Waals surface area contributed by atoms with Gasteiger partial charge in [-0.3, -0.25) is 0 Å². The van der Waals surface area contributed by atoms with Gasteiger partial charge in [0.05, 0.1) is 23.5 Å². The highest BCUT2D eigenvalue weighted by atomic mass is 35.5. The van der Waals surface area contributed by atoms with E-state index in [9.17, 15) is 9.59 Å². The van der Waals surface area contributed by atoms with Crippen molar-refractivity contribution in [2.24, 2.45) is 5.73 Å². The van der Waals surface area contributed by atoms with Gasteiger partial charge in [-0.05, 0) is 67.2 Å². The number of nitrogens with two attached hydrogens (primary N) is 1. The van der Waals surface area contributed by atoms with E-state index in [0.717, 1.165) is 38.8 Å². The third-order valence-electron chi connectivity index (χ3n) is 5.40. The molecule has 0 saturated carbocycles. The van der Waals surface area contributed by atoms with Crippen LogP contribution in [0.2, 0.25) is 5.02 Å². The molecule has 0 aromatic carbocycles. The van der Waals surface area contributed by atoms with Crippen molar-refractivity contribution in [1.29, 1.82) is 0 Å². The van der Waals surface area contributed by atoms with E-state index in [4.69, 9.17) is 26.8 Å². The Balaban J connectivity index is 0.000000269. The number of nitrogens with one attached hydrogen (secondary N) is 1. The van der Waals surface area contributed by atoms with Gasteiger partial charge in [0.15, 0.2) is 0 Å². The Morgan fingerprint density at radius 2 is 1.43 bits per heavy atom. The SMILES string of the molecule is CC(C)(C)OC(=O)N1CCC[C@H]1CN.CC(C)(C)OC(=O)N1CCC[C@H]1CNc1ncc(Cl)cn1. The lowest BCUT2D eigenvalue weighted by Crippen LogP contribution is -2.42. The molecule has 10 nitrogen and oxygen atoms in total. The number of ether oxygens (including phenoxy) is 2. The van der Waals surface area contributed by atoms with Crippen LogP contribution in [-0.2, 0) is 9.47 Å². The highest BCUT2D eigenvalue weighted by Gasteiger charge is 2.32. The predicted molar refractivity (Wildman–Crippen MR) is 137 cm³/mol. The van der Waals surface area contributed by atoms with Crippen molar-refractivity contribution in [2.45, 2.75) is 90.5 Å². The third kappa shape index (κ3) is 10.0. The molecule has 11 heteroatoms. The van der Waals surface area contributed by atoms with Crippen molar-refractivity contribution in [2.75, 3.05) is 31.5 Å². The summed E-state index contributed by atoms with van der Waals surface area (Å²) in [4.78, 5) is 35.5. The first-order valence-corrected chi connectivity index (χ1v) is 12.6. The van der Waals surface area contributed by atoms with Gasteiger partial charge in [-0.2, -0.15) is 0 Å². The maximum atomic E-state index is 12.2. The molecule has 2 fully saturated rings. The zero-order valence-corrected chi connectivity index (χ0v) is 22.6. The van der Waals surface area contributed by atoms with Gasteiger partial charge in [0.1, 0.15) is 11.2 Å². The molecule has 1 aromatic rings. The molecule has 0 spiro atoms. The smallest absolute Gasteiger partial charge is 0.410 e. The minimum absolute atomic E-state index is 0.0964. The quantitative estimate of drug-likeness (QED) is 0.612. The molecule has 0 unspecified atom stereocenters. The topological polar surface area (TPSA) is 123 Å². The molecule has 2 atom stereocenters. The van der Waals surface area contributed by atoms with Crippen LogP contribution in [0.5, 0.6) is 0 Å². The largest absolute Gasteiger partial charge is 0.444 e. The molecule has 0 aliphatic carbocycles. The second kappa shape index (κ2) is 12.6. The lowest BCUT2D eigenvalue weighted by atomic mass is 10.2. The van der Waals surface area contributed by atoms with Crippen LogP contribution in [0.1, 0.15) is 67.2 Å². The van der Waals surface area contributed by atoms with Gasteiger partial charge in [0.25, 0.3) is 0 Å². The van der Waals surface area contributed by atoms with Crippen molar-refractivity contribution < 1.29 is 19.1 Å². The Morgan fingerprint density at radius 1 is 0.971 bits per heavy atom. The van der Waals surface area contributed by atoms with E-state index in [-0.39, 0.29) is 24.3 Å². The van der Waals surface area contributed by atoms with Gasteiger partial charge in [-0.25, -0.2) is 19.6 Å². The van der Waals surface area contributed by atoms with E-state index in [1.165, 1.54) is 12.4 Å². The third-order valence-corrected chi connectivity index (χ3v) is 5.59. The summed E-state index contributed by atoms with van der Waals surface area (Å²) in [7, 11) is 0. The molecule has 198 valence electrons. The van der Waals surface area contributed by atoms with Crippen LogP contribution in [0, 0.1) is 0 Å². The fourth-order valence-electron chi connectivity index (χ4n) is 3.86. The Kier molecular flexibility index (Phi) is 10.4. The lowest BCUT2D eigenvalue weighted by molar-refractivity contribution is 0.0222. The average molecular weight is 513 g/mol. The summed E-state index contributed by atoms with van der Waals surface area (Å²) in [5, 5.41) is 3.63. The highest BCUT2D eigenvalue weighted by molar-refractivity contribution is 6.30. The summed E-state index contributed by atoms with van der Waals surface area (Å²) >= 11 is 5.74. The van der Waals surface area contributed by atoms with Crippen LogP contribution in [0.15, 0.2) is 12.4 Å². The van der Waals surface area contributed by atoms with Crippen LogP contribution in [0.25, 0.3) is 0 Å². The van der Waals surface area contributed by atoms with Crippen molar-refractivity contribution in [3.05, 3.63) is 17.4 Å². The van der Waals surface area contributed by atoms with E-state index in [0.29, 0.717) is 24.1 Å². The Morgan fingerprint density at radius 3 is 1.89 bits per heavy atom. The van der Waals surface area contributed by atoms with Crippen LogP contribution in [0.3, 0.4) is 0 Å². The van der Waals surface area contributed by atoms with E-state index in [2.05, 4.69) is 15.3 Å². The molecular weight excluding hydrogens is 472 g/mol. The Hall–Kier alpha value is -2.33. The van der Waals surface area contributed by atoms with Gasteiger partial charge >= 0.3 is 12.2 Å². The minimum atomic E-state index is -0.475. The summed E-state index contributed by atoms with van der Waals surface area (Å²) in [6, 6.07) is 0.268. The Bertz CT molecular complexity index is 825. The maximum absolute atomic E-state index is 12.2. The van der Waals surface area contributed by atoms with E-state index in [1.54, 1.807) is 9.80 Å². The molecule has 2 saturated heterocycles. The normalized spacial score (nSPS) is 20.2. The van der Waals surface area contributed by atoms with Gasteiger partial charge < -0.3 is 30.3 Å². The molecule has 35 heavy (non-hydrogen) atoms. The number of rotatable bonds is 4. The molecule has 3 rings (SSSR count). The number of anilines is 1. The molecule has 0 bridgehead atoms. The summed E-state index contributed by atoms with van der Waals surface area (Å²) in [6.07, 6.45) is 6.53. The zero-order chi connectivity index (χ0) is 26.2. The standard InChI is InChI=1S/C14H21ClN4O2.C10H20N2O2/c1-14(2,3)21-13(20)19-6-4-5-11(19)9-18-12-16-7-10(15)8-17-12;1-10(2,3)14-9(13)12-6-4-5-8(12)7-11/h7-8,11H,4-6,9H2,1-3H3,(H,16,17,18);8H,4-7,11H2,1-3H3/t11-;8-/m00/s1. The molecule has 2 aliphatic rings. The molecule has 2 aliphatic heterocycles. The Labute approximate surface area is 213 Å². The minimum Gasteiger partial charge on any atom is -0.444 e. The second-order valence-electron chi connectivity index (χ2n) is 10.8. The van der Waals surface area contributed by atoms with Crippen molar-refractivity contribution >= 4 is 29.7 Å². The van der Waals surface area contributed by atoms with Crippen molar-refractivity contribution in [1.82, 2.24) is 19.8 Å². The molecule has 1 aromatic heterocycles. The predicted octanol–water partition coefficient (Wildman–Crippen LogP) is 4.29. The summed E-state index contributed by atoms with van der Waals surface area (Å²) in [5.74, 6) is 0.510. The average Bonchev–Trinajstić information content (AvgIpc) is 3.41. The number of hydrogen-bond acceptors (Lipinski definition) is 8. The monoisotopic (exact) mass is 512 g/mol. The zero-order valence-electron chi connectivity index (χ0n) is 21.8. The molecule has 3 N–H and O–H groups in total. The van der Waals surface area contributed by atoms with E-state index < -0.39 is 11.2 Å². The van der Waals surface area contributed by atoms with Crippen LogP contribution < -0.4 is 11.1 Å². The fourth-order valence-corrected chi connectivity index (χ4v) is 3.96. The number of likely N-dealkylation sites (tertiary alicyclic amines) is 2. The van der Waals surface area contributed by atoms with Gasteiger partial charge in [0.2, 0.25) is 5.95 Å². The van der Waals surface area contributed by atoms with Gasteiger partial charge in [-0.15, -0.1) is 0 Å². The number of aromatic nitrogens is 2. The molecule has 0 radical (unpaired) electrons. The first-order chi connectivity index (χ1) is 16.3. The summed E-state index contributed by atoms with van der Waals surface area (Å²) < 4.78 is 10.7. The molecule has 2 amide bonds. The molecule has 3 heterocycles. The number of nitrogens with zero attached hydrogens (tertiary/aromatic N) is 4. The van der Waals surface area contributed by atoms with Gasteiger partial charge in [0, 0.05) is 32.2 Å². The van der Waals surface area contributed by atoms with Gasteiger partial charge in [-0.1, -0.05) is 11.6 Å². The van der Waals surface area contributed by atoms with Crippen molar-refractivity contribution in [3.8, 4) is 0 Å². The summed E-state index contributed by atoms with van der Waals surface area (Å²) in [6.45, 7) is 13.9. The van der Waals surface area contributed by atoms with Crippen LogP contribution >= 0.6 is 11.6 Å².